The first-order valence-electron chi connectivity index (χ1n) is 8.60. The maximum Gasteiger partial charge on any atom is 0.260 e. The van der Waals surface area contributed by atoms with Crippen molar-refractivity contribution in [1.29, 1.82) is 0 Å². The fourth-order valence-electron chi connectivity index (χ4n) is 2.56. The Morgan fingerprint density at radius 1 is 1.26 bits per heavy atom. The number of hydrogen-bond acceptors (Lipinski definition) is 2. The largest absolute Gasteiger partial charge is 0.481 e. The van der Waals surface area contributed by atoms with Gasteiger partial charge < -0.3 is 10.1 Å². The van der Waals surface area contributed by atoms with Crippen molar-refractivity contribution in [3.63, 3.8) is 0 Å². The van der Waals surface area contributed by atoms with Gasteiger partial charge in [-0.15, -0.1) is 0 Å². The molecule has 1 N–H and O–H groups in total. The van der Waals surface area contributed by atoms with Crippen LogP contribution in [0.1, 0.15) is 57.6 Å². The first-order chi connectivity index (χ1) is 10.9. The number of halogens is 1. The summed E-state index contributed by atoms with van der Waals surface area (Å²) in [6.45, 7) is 10.7. The summed E-state index contributed by atoms with van der Waals surface area (Å²) in [5.74, 6) is 1.17. The minimum absolute atomic E-state index is 0.0646. The number of carbonyl (C=O) groups is 1. The Balaban J connectivity index is 2.53. The van der Waals surface area contributed by atoms with Crippen LogP contribution in [0.2, 0.25) is 5.02 Å². The lowest BCUT2D eigenvalue weighted by molar-refractivity contribution is -0.127. The summed E-state index contributed by atoms with van der Waals surface area (Å²) in [7, 11) is 0. The molecule has 2 atom stereocenters. The SMILES string of the molecule is CCCC[C@H](CC)CNC(=O)[C@H](C)Oc1cc(C)c(Cl)c(C)c1. The molecule has 0 saturated heterocycles. The first-order valence-corrected chi connectivity index (χ1v) is 8.97. The Kier molecular flexibility index (Phi) is 8.46. The molecular formula is C19H30ClNO2. The Labute approximate surface area is 145 Å². The van der Waals surface area contributed by atoms with Crippen LogP contribution in [0.5, 0.6) is 5.75 Å². The average Bonchev–Trinajstić information content (AvgIpc) is 2.52. The van der Waals surface area contributed by atoms with Crippen LogP contribution >= 0.6 is 11.6 Å². The van der Waals surface area contributed by atoms with Crippen LogP contribution in [0.25, 0.3) is 0 Å². The number of nitrogens with one attached hydrogen (secondary N) is 1. The van der Waals surface area contributed by atoms with Gasteiger partial charge in [0.25, 0.3) is 5.91 Å². The number of rotatable bonds is 9. The van der Waals surface area contributed by atoms with E-state index in [0.717, 1.165) is 35.5 Å². The fraction of sp³-hybridized carbons (Fsp3) is 0.632. The van der Waals surface area contributed by atoms with E-state index in [1.54, 1.807) is 6.92 Å². The third kappa shape index (κ3) is 6.42. The Hall–Kier alpha value is -1.22. The zero-order chi connectivity index (χ0) is 17.4. The summed E-state index contributed by atoms with van der Waals surface area (Å²) < 4.78 is 5.77. The van der Waals surface area contributed by atoms with Crippen LogP contribution in [0.15, 0.2) is 12.1 Å². The lowest BCUT2D eigenvalue weighted by Gasteiger charge is -2.19. The molecule has 0 bridgehead atoms. The zero-order valence-corrected chi connectivity index (χ0v) is 15.8. The Bertz CT molecular complexity index is 493. The van der Waals surface area contributed by atoms with Gasteiger partial charge in [0.1, 0.15) is 5.75 Å². The molecule has 0 aliphatic carbocycles. The smallest absolute Gasteiger partial charge is 0.260 e. The molecule has 1 aromatic carbocycles. The molecule has 23 heavy (non-hydrogen) atoms. The van der Waals surface area contributed by atoms with Gasteiger partial charge in [0.2, 0.25) is 0 Å². The Morgan fingerprint density at radius 3 is 2.39 bits per heavy atom. The van der Waals surface area contributed by atoms with Crippen LogP contribution < -0.4 is 10.1 Å². The minimum atomic E-state index is -0.515. The molecule has 0 radical (unpaired) electrons. The molecule has 0 heterocycles. The van der Waals surface area contributed by atoms with Crippen LogP contribution in [0, 0.1) is 19.8 Å². The van der Waals surface area contributed by atoms with Gasteiger partial charge in [-0.1, -0.05) is 44.7 Å². The molecule has 0 fully saturated rings. The van der Waals surface area contributed by atoms with E-state index in [1.165, 1.54) is 12.8 Å². The van der Waals surface area contributed by atoms with Crippen LogP contribution in [0.4, 0.5) is 0 Å². The van der Waals surface area contributed by atoms with Gasteiger partial charge in [0.15, 0.2) is 6.10 Å². The molecule has 0 unspecified atom stereocenters. The number of unbranched alkanes of at least 4 members (excludes halogenated alkanes) is 1. The maximum atomic E-state index is 12.2. The quantitative estimate of drug-likeness (QED) is 0.683. The maximum absolute atomic E-state index is 12.2. The molecule has 1 rings (SSSR count). The van der Waals surface area contributed by atoms with Crippen molar-refractivity contribution in [3.05, 3.63) is 28.3 Å². The van der Waals surface area contributed by atoms with E-state index in [1.807, 2.05) is 26.0 Å². The van der Waals surface area contributed by atoms with Gasteiger partial charge in [-0.05, 0) is 56.4 Å². The molecule has 0 saturated carbocycles. The summed E-state index contributed by atoms with van der Waals surface area (Å²) in [5, 5.41) is 3.76. The third-order valence-electron chi connectivity index (χ3n) is 4.20. The van der Waals surface area contributed by atoms with Crippen molar-refractivity contribution >= 4 is 17.5 Å². The summed E-state index contributed by atoms with van der Waals surface area (Å²) >= 11 is 6.16. The summed E-state index contributed by atoms with van der Waals surface area (Å²) in [5.41, 5.74) is 1.92. The molecule has 130 valence electrons. The lowest BCUT2D eigenvalue weighted by Crippen LogP contribution is -2.38. The van der Waals surface area contributed by atoms with Crippen molar-refractivity contribution in [2.75, 3.05) is 6.54 Å². The zero-order valence-electron chi connectivity index (χ0n) is 15.0. The number of benzene rings is 1. The number of amides is 1. The van der Waals surface area contributed by atoms with E-state index >= 15 is 0 Å². The molecule has 0 aliphatic heterocycles. The van der Waals surface area contributed by atoms with Crippen molar-refractivity contribution in [2.45, 2.75) is 66.4 Å². The normalized spacial score (nSPS) is 13.5. The summed E-state index contributed by atoms with van der Waals surface area (Å²) in [6.07, 6.45) is 4.14. The second kappa shape index (κ2) is 9.82. The van der Waals surface area contributed by atoms with E-state index in [0.29, 0.717) is 11.7 Å². The van der Waals surface area contributed by atoms with Crippen molar-refractivity contribution < 1.29 is 9.53 Å². The second-order valence-corrected chi connectivity index (χ2v) is 6.67. The van der Waals surface area contributed by atoms with E-state index < -0.39 is 6.10 Å². The highest BCUT2D eigenvalue weighted by Crippen LogP contribution is 2.26. The standard InChI is InChI=1S/C19H30ClNO2/c1-6-8-9-16(7-2)12-21-19(22)15(5)23-17-10-13(3)18(20)14(4)11-17/h10-11,15-16H,6-9,12H2,1-5H3,(H,21,22)/t15-,16-/m0/s1. The van der Waals surface area contributed by atoms with E-state index in [2.05, 4.69) is 19.2 Å². The van der Waals surface area contributed by atoms with Crippen molar-refractivity contribution in [1.82, 2.24) is 5.32 Å². The van der Waals surface area contributed by atoms with Crippen LogP contribution in [0.3, 0.4) is 0 Å². The van der Waals surface area contributed by atoms with Gasteiger partial charge in [0, 0.05) is 11.6 Å². The molecule has 4 heteroatoms. The van der Waals surface area contributed by atoms with Gasteiger partial charge in [-0.25, -0.2) is 0 Å². The van der Waals surface area contributed by atoms with Crippen LogP contribution in [-0.2, 0) is 4.79 Å². The molecule has 3 nitrogen and oxygen atoms in total. The van der Waals surface area contributed by atoms with E-state index in [9.17, 15) is 4.79 Å². The minimum Gasteiger partial charge on any atom is -0.481 e. The average molecular weight is 340 g/mol. The van der Waals surface area contributed by atoms with Crippen LogP contribution in [-0.4, -0.2) is 18.6 Å². The van der Waals surface area contributed by atoms with Gasteiger partial charge in [-0.2, -0.15) is 0 Å². The summed E-state index contributed by atoms with van der Waals surface area (Å²) in [6, 6.07) is 3.74. The number of carbonyl (C=O) groups excluding carboxylic acids is 1. The second-order valence-electron chi connectivity index (χ2n) is 6.29. The third-order valence-corrected chi connectivity index (χ3v) is 4.80. The van der Waals surface area contributed by atoms with Crippen molar-refractivity contribution in [3.8, 4) is 5.75 Å². The number of hydrogen-bond donors (Lipinski definition) is 1. The highest BCUT2D eigenvalue weighted by molar-refractivity contribution is 6.32. The van der Waals surface area contributed by atoms with Crippen molar-refractivity contribution in [2.24, 2.45) is 5.92 Å². The summed E-state index contributed by atoms with van der Waals surface area (Å²) in [4.78, 5) is 12.2. The predicted molar refractivity (Wildman–Crippen MR) is 97.3 cm³/mol. The highest BCUT2D eigenvalue weighted by atomic mass is 35.5. The monoisotopic (exact) mass is 339 g/mol. The van der Waals surface area contributed by atoms with E-state index in [4.69, 9.17) is 16.3 Å². The lowest BCUT2D eigenvalue weighted by atomic mass is 9.99. The fourth-order valence-corrected chi connectivity index (χ4v) is 2.67. The number of aryl methyl sites for hydroxylation is 2. The first kappa shape index (κ1) is 19.8. The van der Waals surface area contributed by atoms with Gasteiger partial charge >= 0.3 is 0 Å². The molecular weight excluding hydrogens is 310 g/mol. The Morgan fingerprint density at radius 2 is 1.87 bits per heavy atom. The van der Waals surface area contributed by atoms with Gasteiger partial charge in [0.05, 0.1) is 0 Å². The van der Waals surface area contributed by atoms with Gasteiger partial charge in [-0.3, -0.25) is 4.79 Å². The molecule has 0 aliphatic rings. The molecule has 1 aromatic rings. The topological polar surface area (TPSA) is 38.3 Å². The highest BCUT2D eigenvalue weighted by Gasteiger charge is 2.17. The molecule has 0 aromatic heterocycles. The predicted octanol–water partition coefficient (Wildman–Crippen LogP) is 5.06. The molecule has 0 spiro atoms. The number of ether oxygens (including phenoxy) is 1. The molecule has 1 amide bonds. The van der Waals surface area contributed by atoms with E-state index in [-0.39, 0.29) is 5.91 Å².